The highest BCUT2D eigenvalue weighted by Crippen LogP contribution is 2.44. The molecule has 5 heteroatoms. The third-order valence-corrected chi connectivity index (χ3v) is 5.30. The lowest BCUT2D eigenvalue weighted by Crippen LogP contribution is -1.64. The summed E-state index contributed by atoms with van der Waals surface area (Å²) in [5.41, 5.74) is 0.973. The van der Waals surface area contributed by atoms with Crippen LogP contribution in [0.2, 0.25) is 0 Å². The number of furan rings is 1. The summed E-state index contributed by atoms with van der Waals surface area (Å²) < 4.78 is 5.67. The Hall–Kier alpha value is 0.920. The van der Waals surface area contributed by atoms with E-state index in [1.165, 1.54) is 10.3 Å². The van der Waals surface area contributed by atoms with E-state index in [2.05, 4.69) is 48.5 Å². The van der Waals surface area contributed by atoms with Gasteiger partial charge in [0.05, 0.1) is 4.90 Å². The van der Waals surface area contributed by atoms with Gasteiger partial charge in [0.2, 0.25) is 0 Å². The van der Waals surface area contributed by atoms with Gasteiger partial charge in [0, 0.05) is 47.8 Å². The molecule has 0 bridgehead atoms. The van der Waals surface area contributed by atoms with Crippen molar-refractivity contribution in [2.24, 2.45) is 0 Å². The molecule has 2 rings (SSSR count). The number of benzene rings is 1. The molecule has 0 aliphatic rings. The summed E-state index contributed by atoms with van der Waals surface area (Å²) in [6, 6.07) is 8.13. The molecular formula is C8H4I2OS2. The molecule has 0 aliphatic carbocycles. The van der Waals surface area contributed by atoms with E-state index >= 15 is 0 Å². The number of fused-ring (bicyclic) bond motifs is 1. The van der Waals surface area contributed by atoms with E-state index in [0.717, 1.165) is 10.7 Å². The maximum absolute atomic E-state index is 5.67. The molecule has 0 radical (unpaired) electrons. The first-order valence-corrected chi connectivity index (χ1v) is 10.2. The fourth-order valence-corrected chi connectivity index (χ4v) is 5.17. The van der Waals surface area contributed by atoms with Crippen molar-refractivity contribution in [3.63, 3.8) is 0 Å². The second-order valence-corrected chi connectivity index (χ2v) is 6.10. The van der Waals surface area contributed by atoms with E-state index in [9.17, 15) is 0 Å². The van der Waals surface area contributed by atoms with Gasteiger partial charge in [0.25, 0.3) is 0 Å². The Labute approximate surface area is 109 Å². The predicted molar refractivity (Wildman–Crippen MR) is 76.0 cm³/mol. The lowest BCUT2D eigenvalue weighted by molar-refractivity contribution is 0.502. The molecule has 2 aromatic rings. The summed E-state index contributed by atoms with van der Waals surface area (Å²) in [7, 11) is 3.33. The molecule has 0 unspecified atom stereocenters. The maximum atomic E-state index is 5.67. The quantitative estimate of drug-likeness (QED) is 0.595. The van der Waals surface area contributed by atoms with Crippen molar-refractivity contribution in [3.05, 3.63) is 24.3 Å². The van der Waals surface area contributed by atoms with Crippen LogP contribution in [-0.4, -0.2) is 0 Å². The van der Waals surface area contributed by atoms with Gasteiger partial charge in [-0.2, -0.15) is 0 Å². The predicted octanol–water partition coefficient (Wildman–Crippen LogP) is 5.32. The minimum Gasteiger partial charge on any atom is -0.448 e. The molecule has 0 amide bonds. The van der Waals surface area contributed by atoms with E-state index in [-0.39, 0.29) is 0 Å². The summed E-state index contributed by atoms with van der Waals surface area (Å²) in [5, 5.41) is 2.21. The highest BCUT2D eigenvalue weighted by Gasteiger charge is 2.12. The van der Waals surface area contributed by atoms with Gasteiger partial charge in [-0.05, 0) is 30.0 Å². The Kier molecular flexibility index (Phi) is 3.71. The zero-order valence-electron chi connectivity index (χ0n) is 6.29. The Morgan fingerprint density at radius 3 is 2.54 bits per heavy atom. The van der Waals surface area contributed by atoms with Crippen molar-refractivity contribution >= 4 is 71.2 Å². The van der Waals surface area contributed by atoms with E-state index in [4.69, 9.17) is 4.42 Å². The minimum absolute atomic E-state index is 0.973. The van der Waals surface area contributed by atoms with Crippen LogP contribution in [0.15, 0.2) is 38.7 Å². The standard InChI is InChI=1S/C8H4I2OS2/c9-12-7-5-3-1-2-4-6(5)11-8(7)13-10/h1-4H. The Bertz CT molecular complexity index is 427. The first-order valence-electron chi connectivity index (χ1n) is 3.45. The molecule has 1 aromatic heterocycles. The maximum Gasteiger partial charge on any atom is 0.186 e. The van der Waals surface area contributed by atoms with Crippen LogP contribution in [0, 0.1) is 0 Å². The summed E-state index contributed by atoms with van der Waals surface area (Å²) in [4.78, 5) is 1.23. The average Bonchev–Trinajstić information content (AvgIpc) is 2.55. The Morgan fingerprint density at radius 2 is 1.85 bits per heavy atom. The molecule has 1 heterocycles. The number of hydrogen-bond acceptors (Lipinski definition) is 3. The lowest BCUT2D eigenvalue weighted by atomic mass is 10.3. The van der Waals surface area contributed by atoms with Gasteiger partial charge in [-0.1, -0.05) is 12.1 Å². The lowest BCUT2D eigenvalue weighted by Gasteiger charge is -1.90. The minimum atomic E-state index is 0.973. The Morgan fingerprint density at radius 1 is 1.08 bits per heavy atom. The number of rotatable bonds is 2. The normalized spacial score (nSPS) is 10.9. The molecule has 1 aromatic carbocycles. The highest BCUT2D eigenvalue weighted by molar-refractivity contribution is 14.2. The first kappa shape index (κ1) is 10.4. The van der Waals surface area contributed by atoms with Gasteiger partial charge < -0.3 is 4.42 Å². The van der Waals surface area contributed by atoms with Crippen molar-refractivity contribution in [1.82, 2.24) is 0 Å². The topological polar surface area (TPSA) is 13.1 Å². The number of hydrogen-bond donors (Lipinski definition) is 0. The van der Waals surface area contributed by atoms with Crippen LogP contribution >= 0.6 is 60.3 Å². The summed E-state index contributed by atoms with van der Waals surface area (Å²) in [6.45, 7) is 0. The largest absolute Gasteiger partial charge is 0.448 e. The van der Waals surface area contributed by atoms with Crippen LogP contribution in [0.1, 0.15) is 0 Å². The van der Waals surface area contributed by atoms with Crippen LogP contribution in [0.4, 0.5) is 0 Å². The second-order valence-electron chi connectivity index (χ2n) is 2.37. The van der Waals surface area contributed by atoms with Gasteiger partial charge in [0.1, 0.15) is 5.58 Å². The van der Waals surface area contributed by atoms with Crippen molar-refractivity contribution < 1.29 is 4.42 Å². The van der Waals surface area contributed by atoms with Crippen LogP contribution in [-0.2, 0) is 0 Å². The van der Waals surface area contributed by atoms with Gasteiger partial charge in [-0.3, -0.25) is 0 Å². The van der Waals surface area contributed by atoms with Crippen LogP contribution in [0.3, 0.4) is 0 Å². The summed E-state index contributed by atoms with van der Waals surface area (Å²) in [5.74, 6) is 0. The van der Waals surface area contributed by atoms with Gasteiger partial charge in [-0.15, -0.1) is 0 Å². The zero-order chi connectivity index (χ0) is 9.26. The van der Waals surface area contributed by atoms with E-state index in [1.54, 1.807) is 17.9 Å². The second kappa shape index (κ2) is 4.63. The van der Waals surface area contributed by atoms with Crippen molar-refractivity contribution in [2.45, 2.75) is 9.99 Å². The Balaban J connectivity index is 2.73. The molecule has 0 spiro atoms. The van der Waals surface area contributed by atoms with E-state index < -0.39 is 0 Å². The molecule has 0 atom stereocenters. The first-order chi connectivity index (χ1) is 6.36. The third kappa shape index (κ3) is 1.98. The fourth-order valence-electron chi connectivity index (χ4n) is 1.12. The van der Waals surface area contributed by atoms with Crippen LogP contribution in [0.5, 0.6) is 0 Å². The highest BCUT2D eigenvalue weighted by atomic mass is 127. The van der Waals surface area contributed by atoms with E-state index in [0.29, 0.717) is 0 Å². The van der Waals surface area contributed by atoms with Crippen molar-refractivity contribution in [3.8, 4) is 0 Å². The van der Waals surface area contributed by atoms with Crippen LogP contribution < -0.4 is 0 Å². The van der Waals surface area contributed by atoms with Gasteiger partial charge >= 0.3 is 0 Å². The van der Waals surface area contributed by atoms with Crippen LogP contribution in [0.25, 0.3) is 11.0 Å². The molecule has 0 saturated carbocycles. The molecule has 0 N–H and O–H groups in total. The zero-order valence-corrected chi connectivity index (χ0v) is 12.2. The third-order valence-electron chi connectivity index (χ3n) is 1.67. The number of para-hydroxylation sites is 1. The monoisotopic (exact) mass is 434 g/mol. The molecule has 13 heavy (non-hydrogen) atoms. The molecule has 1 nitrogen and oxygen atoms in total. The average molecular weight is 434 g/mol. The van der Waals surface area contributed by atoms with E-state index in [1.807, 2.05) is 18.2 Å². The smallest absolute Gasteiger partial charge is 0.186 e. The number of halogens is 2. The molecular weight excluding hydrogens is 430 g/mol. The summed E-state index contributed by atoms with van der Waals surface area (Å²) in [6.07, 6.45) is 0. The van der Waals surface area contributed by atoms with Gasteiger partial charge in [-0.25, -0.2) is 0 Å². The molecule has 0 aliphatic heterocycles. The SMILES string of the molecule is ISc1oc2ccccc2c1SI. The van der Waals surface area contributed by atoms with Crippen molar-refractivity contribution in [2.75, 3.05) is 0 Å². The van der Waals surface area contributed by atoms with Crippen molar-refractivity contribution in [1.29, 1.82) is 0 Å². The fraction of sp³-hybridized carbons (Fsp3) is 0. The molecule has 0 saturated heterocycles. The molecule has 0 fully saturated rings. The van der Waals surface area contributed by atoms with Gasteiger partial charge in [0.15, 0.2) is 5.09 Å². The summed E-state index contributed by atoms with van der Waals surface area (Å²) >= 11 is 4.53. The molecule has 68 valence electrons.